The van der Waals surface area contributed by atoms with Crippen LogP contribution in [-0.2, 0) is 23.3 Å². The fraction of sp³-hybridized carbons (Fsp3) is 0.222. The summed E-state index contributed by atoms with van der Waals surface area (Å²) in [5, 5.41) is 0.195. The fourth-order valence-electron chi connectivity index (χ4n) is 2.36. The molecule has 25 heavy (non-hydrogen) atoms. The Bertz CT molecular complexity index is 808. The second-order valence-corrected chi connectivity index (χ2v) is 7.97. The predicted molar refractivity (Wildman–Crippen MR) is 98.8 cm³/mol. The third-order valence-electron chi connectivity index (χ3n) is 3.70. The van der Waals surface area contributed by atoms with Gasteiger partial charge >= 0.3 is 0 Å². The van der Waals surface area contributed by atoms with E-state index in [1.807, 2.05) is 30.3 Å². The van der Waals surface area contributed by atoms with Crippen LogP contribution in [0, 0.1) is 5.82 Å². The van der Waals surface area contributed by atoms with Crippen molar-refractivity contribution in [2.24, 2.45) is 0 Å². The standard InChI is InChI=1S/C18H20ClFN2O2S/c1-3-12-22(13-15-8-5-4-6-9-15)25(23,24)21(2)14-16-17(19)10-7-11-18(16)20/h3-11H,1,12-14H2,2H3. The van der Waals surface area contributed by atoms with Gasteiger partial charge < -0.3 is 0 Å². The highest BCUT2D eigenvalue weighted by atomic mass is 35.5. The summed E-state index contributed by atoms with van der Waals surface area (Å²) in [4.78, 5) is 0. The largest absolute Gasteiger partial charge is 0.282 e. The summed E-state index contributed by atoms with van der Waals surface area (Å²) >= 11 is 6.00. The minimum Gasteiger partial charge on any atom is -0.207 e. The van der Waals surface area contributed by atoms with Crippen molar-refractivity contribution >= 4 is 21.8 Å². The third kappa shape index (κ3) is 4.89. The van der Waals surface area contributed by atoms with Gasteiger partial charge in [0.15, 0.2) is 0 Å². The van der Waals surface area contributed by atoms with Crippen molar-refractivity contribution in [2.45, 2.75) is 13.1 Å². The molecule has 2 rings (SSSR count). The van der Waals surface area contributed by atoms with Crippen molar-refractivity contribution < 1.29 is 12.8 Å². The number of hydrogen-bond donors (Lipinski definition) is 0. The first-order valence-corrected chi connectivity index (χ1v) is 9.43. The smallest absolute Gasteiger partial charge is 0.207 e. The molecule has 4 nitrogen and oxygen atoms in total. The summed E-state index contributed by atoms with van der Waals surface area (Å²) in [6, 6.07) is 13.5. The van der Waals surface area contributed by atoms with E-state index in [4.69, 9.17) is 11.6 Å². The summed E-state index contributed by atoms with van der Waals surface area (Å²) < 4.78 is 42.1. The van der Waals surface area contributed by atoms with Crippen LogP contribution >= 0.6 is 11.6 Å². The maximum Gasteiger partial charge on any atom is 0.282 e. The first-order valence-electron chi connectivity index (χ1n) is 7.65. The van der Waals surface area contributed by atoms with E-state index in [9.17, 15) is 12.8 Å². The van der Waals surface area contributed by atoms with Crippen molar-refractivity contribution in [3.63, 3.8) is 0 Å². The van der Waals surface area contributed by atoms with E-state index in [1.54, 1.807) is 0 Å². The van der Waals surface area contributed by atoms with E-state index in [-0.39, 0.29) is 30.2 Å². The van der Waals surface area contributed by atoms with Gasteiger partial charge in [-0.1, -0.05) is 54.1 Å². The van der Waals surface area contributed by atoms with E-state index in [0.717, 1.165) is 9.87 Å². The van der Waals surface area contributed by atoms with Crippen LogP contribution in [0.1, 0.15) is 11.1 Å². The summed E-state index contributed by atoms with van der Waals surface area (Å²) in [6.45, 7) is 3.81. The minimum atomic E-state index is -3.82. The zero-order valence-corrected chi connectivity index (χ0v) is 15.5. The molecule has 0 heterocycles. The average molecular weight is 383 g/mol. The molecular formula is C18H20ClFN2O2S. The number of halogens is 2. The zero-order valence-electron chi connectivity index (χ0n) is 13.9. The molecule has 0 unspecified atom stereocenters. The Morgan fingerprint density at radius 1 is 1.12 bits per heavy atom. The van der Waals surface area contributed by atoms with Crippen LogP contribution < -0.4 is 0 Å². The zero-order chi connectivity index (χ0) is 18.4. The lowest BCUT2D eigenvalue weighted by atomic mass is 10.2. The minimum absolute atomic E-state index is 0.145. The Morgan fingerprint density at radius 3 is 2.40 bits per heavy atom. The SMILES string of the molecule is C=CCN(Cc1ccccc1)S(=O)(=O)N(C)Cc1c(F)cccc1Cl. The molecule has 0 aliphatic heterocycles. The quantitative estimate of drug-likeness (QED) is 0.651. The molecule has 0 aromatic heterocycles. The first-order chi connectivity index (χ1) is 11.9. The third-order valence-corrected chi connectivity index (χ3v) is 5.90. The molecule has 0 aliphatic rings. The van der Waals surface area contributed by atoms with Crippen LogP contribution in [0.15, 0.2) is 61.2 Å². The number of nitrogens with zero attached hydrogens (tertiary/aromatic N) is 2. The normalized spacial score (nSPS) is 11.9. The lowest BCUT2D eigenvalue weighted by Gasteiger charge is -2.27. The Hall–Kier alpha value is -1.73. The van der Waals surface area contributed by atoms with Crippen LogP contribution in [-0.4, -0.2) is 30.6 Å². The maximum absolute atomic E-state index is 14.0. The van der Waals surface area contributed by atoms with Gasteiger partial charge in [0.1, 0.15) is 5.82 Å². The van der Waals surface area contributed by atoms with Gasteiger partial charge in [0.2, 0.25) is 0 Å². The molecule has 0 radical (unpaired) electrons. The van der Waals surface area contributed by atoms with Gasteiger partial charge in [0.05, 0.1) is 0 Å². The summed E-state index contributed by atoms with van der Waals surface area (Å²) in [7, 11) is -2.42. The molecule has 134 valence electrons. The van der Waals surface area contributed by atoms with E-state index >= 15 is 0 Å². The molecule has 0 bridgehead atoms. The van der Waals surface area contributed by atoms with Gasteiger partial charge in [0, 0.05) is 37.3 Å². The van der Waals surface area contributed by atoms with Crippen LogP contribution in [0.4, 0.5) is 4.39 Å². The maximum atomic E-state index is 14.0. The summed E-state index contributed by atoms with van der Waals surface area (Å²) in [5.41, 5.74) is 0.999. The highest BCUT2D eigenvalue weighted by Gasteiger charge is 2.27. The topological polar surface area (TPSA) is 40.6 Å². The predicted octanol–water partition coefficient (Wildman–Crippen LogP) is 3.84. The Balaban J connectivity index is 2.25. The molecule has 0 N–H and O–H groups in total. The van der Waals surface area contributed by atoms with Crippen LogP contribution in [0.5, 0.6) is 0 Å². The van der Waals surface area contributed by atoms with Crippen LogP contribution in [0.2, 0.25) is 5.02 Å². The number of rotatable bonds is 8. The van der Waals surface area contributed by atoms with E-state index in [0.29, 0.717) is 0 Å². The lowest BCUT2D eigenvalue weighted by Crippen LogP contribution is -2.41. The van der Waals surface area contributed by atoms with Crippen molar-refractivity contribution in [2.75, 3.05) is 13.6 Å². The highest BCUT2D eigenvalue weighted by molar-refractivity contribution is 7.86. The van der Waals surface area contributed by atoms with Crippen LogP contribution in [0.25, 0.3) is 0 Å². The van der Waals surface area contributed by atoms with Crippen molar-refractivity contribution in [1.29, 1.82) is 0 Å². The molecule has 0 amide bonds. The van der Waals surface area contributed by atoms with Crippen molar-refractivity contribution in [1.82, 2.24) is 8.61 Å². The number of benzene rings is 2. The van der Waals surface area contributed by atoms with Crippen molar-refractivity contribution in [3.8, 4) is 0 Å². The van der Waals surface area contributed by atoms with E-state index in [2.05, 4.69) is 6.58 Å². The van der Waals surface area contributed by atoms with Gasteiger partial charge in [-0.3, -0.25) is 0 Å². The molecule has 7 heteroatoms. The molecule has 0 spiro atoms. The number of hydrogen-bond acceptors (Lipinski definition) is 2. The average Bonchev–Trinajstić information content (AvgIpc) is 2.58. The second-order valence-electron chi connectivity index (χ2n) is 5.53. The molecule has 0 atom stereocenters. The molecule has 0 saturated heterocycles. The molecule has 0 fully saturated rings. The van der Waals surface area contributed by atoms with Gasteiger partial charge in [-0.05, 0) is 17.7 Å². The van der Waals surface area contributed by atoms with E-state index in [1.165, 1.54) is 35.6 Å². The molecule has 0 aliphatic carbocycles. The first kappa shape index (κ1) is 19.6. The van der Waals surface area contributed by atoms with Crippen LogP contribution in [0.3, 0.4) is 0 Å². The molecule has 2 aromatic carbocycles. The monoisotopic (exact) mass is 382 g/mol. The lowest BCUT2D eigenvalue weighted by molar-refractivity contribution is 0.367. The Kier molecular flexibility index (Phi) is 6.72. The fourth-order valence-corrected chi connectivity index (χ4v) is 3.87. The van der Waals surface area contributed by atoms with Gasteiger partial charge in [0.25, 0.3) is 10.2 Å². The van der Waals surface area contributed by atoms with Gasteiger partial charge in [-0.15, -0.1) is 6.58 Å². The summed E-state index contributed by atoms with van der Waals surface area (Å²) in [6.07, 6.45) is 1.52. The Labute approximate surface area is 153 Å². The highest BCUT2D eigenvalue weighted by Crippen LogP contribution is 2.22. The molecular weight excluding hydrogens is 363 g/mol. The molecule has 2 aromatic rings. The van der Waals surface area contributed by atoms with Gasteiger partial charge in [-0.2, -0.15) is 17.0 Å². The summed E-state index contributed by atoms with van der Waals surface area (Å²) in [5.74, 6) is -0.534. The second kappa shape index (κ2) is 8.58. The van der Waals surface area contributed by atoms with E-state index < -0.39 is 16.0 Å². The molecule has 0 saturated carbocycles. The van der Waals surface area contributed by atoms with Crippen molar-refractivity contribution in [3.05, 3.63) is 83.2 Å². The Morgan fingerprint density at radius 2 is 1.80 bits per heavy atom. The van der Waals surface area contributed by atoms with Gasteiger partial charge in [-0.25, -0.2) is 4.39 Å².